The van der Waals surface area contributed by atoms with Crippen molar-refractivity contribution in [2.45, 2.75) is 33.2 Å². The lowest BCUT2D eigenvalue weighted by Crippen LogP contribution is -2.12. The van der Waals surface area contributed by atoms with E-state index in [1.54, 1.807) is 11.3 Å². The maximum absolute atomic E-state index is 4.51. The van der Waals surface area contributed by atoms with Gasteiger partial charge >= 0.3 is 0 Å². The average molecular weight is 250 g/mol. The summed E-state index contributed by atoms with van der Waals surface area (Å²) in [6.45, 7) is 7.26. The lowest BCUT2D eigenvalue weighted by Gasteiger charge is -2.14. The molecule has 5 heteroatoms. The first kappa shape index (κ1) is 12.1. The number of thiazole rings is 1. The lowest BCUT2D eigenvalue weighted by molar-refractivity contribution is 0.638. The summed E-state index contributed by atoms with van der Waals surface area (Å²) in [5, 5.41) is 6.48. The third kappa shape index (κ3) is 2.66. The Morgan fingerprint density at radius 3 is 3.00 bits per heavy atom. The van der Waals surface area contributed by atoms with Crippen LogP contribution in [-0.2, 0) is 0 Å². The predicted molar refractivity (Wildman–Crippen MR) is 71.7 cm³/mol. The molecule has 0 saturated heterocycles. The highest BCUT2D eigenvalue weighted by molar-refractivity contribution is 7.09. The number of aryl methyl sites for hydroxylation is 1. The zero-order chi connectivity index (χ0) is 12.3. The second-order valence-corrected chi connectivity index (χ2v) is 5.01. The van der Waals surface area contributed by atoms with Crippen LogP contribution in [0.1, 0.15) is 37.0 Å². The summed E-state index contributed by atoms with van der Waals surface area (Å²) in [5.74, 6) is 0.937. The zero-order valence-electron chi connectivity index (χ0n) is 10.5. The number of hydrogen-bond donors (Lipinski definition) is 1. The van der Waals surface area contributed by atoms with Crippen molar-refractivity contribution in [3.8, 4) is 0 Å². The van der Waals surface area contributed by atoms with Gasteiger partial charge in [0.05, 0.1) is 11.7 Å². The molecule has 1 unspecified atom stereocenters. The molecule has 0 aliphatic heterocycles. The summed E-state index contributed by atoms with van der Waals surface area (Å²) in [6, 6.07) is 0.232. The van der Waals surface area contributed by atoms with Crippen molar-refractivity contribution in [1.29, 1.82) is 0 Å². The first-order chi connectivity index (χ1) is 8.22. The fourth-order valence-corrected chi connectivity index (χ4v) is 2.43. The molecule has 0 radical (unpaired) electrons. The van der Waals surface area contributed by atoms with Crippen molar-refractivity contribution in [3.05, 3.63) is 28.5 Å². The third-order valence-electron chi connectivity index (χ3n) is 2.61. The van der Waals surface area contributed by atoms with Crippen LogP contribution in [0.15, 0.2) is 17.8 Å². The van der Waals surface area contributed by atoms with Gasteiger partial charge in [0.1, 0.15) is 5.01 Å². The van der Waals surface area contributed by atoms with Crippen molar-refractivity contribution < 1.29 is 0 Å². The van der Waals surface area contributed by atoms with Gasteiger partial charge < -0.3 is 9.88 Å². The Bertz CT molecular complexity index is 461. The largest absolute Gasteiger partial charge is 0.356 e. The van der Waals surface area contributed by atoms with Gasteiger partial charge in [-0.25, -0.2) is 9.97 Å². The molecule has 2 rings (SSSR count). The molecule has 2 aromatic heterocycles. The molecule has 0 spiro atoms. The minimum atomic E-state index is 0.232. The van der Waals surface area contributed by atoms with Crippen molar-refractivity contribution in [2.24, 2.45) is 0 Å². The molecule has 92 valence electrons. The van der Waals surface area contributed by atoms with Crippen molar-refractivity contribution >= 4 is 17.3 Å². The summed E-state index contributed by atoms with van der Waals surface area (Å²) >= 11 is 1.68. The third-order valence-corrected chi connectivity index (χ3v) is 3.56. The molecule has 17 heavy (non-hydrogen) atoms. The minimum Gasteiger partial charge on any atom is -0.356 e. The van der Waals surface area contributed by atoms with Crippen molar-refractivity contribution in [1.82, 2.24) is 14.5 Å². The maximum Gasteiger partial charge on any atom is 0.203 e. The molecule has 0 saturated carbocycles. The molecule has 0 amide bonds. The first-order valence-electron chi connectivity index (χ1n) is 5.91. The zero-order valence-corrected chi connectivity index (χ0v) is 11.3. The van der Waals surface area contributed by atoms with E-state index in [0.29, 0.717) is 0 Å². The van der Waals surface area contributed by atoms with E-state index in [4.69, 9.17) is 0 Å². The Balaban J connectivity index is 2.24. The Labute approximate surface area is 106 Å². The summed E-state index contributed by atoms with van der Waals surface area (Å²) < 4.78 is 2.16. The molecule has 0 bridgehead atoms. The van der Waals surface area contributed by atoms with Crippen molar-refractivity contribution in [2.75, 3.05) is 11.9 Å². The second-order valence-electron chi connectivity index (χ2n) is 4.09. The van der Waals surface area contributed by atoms with E-state index in [-0.39, 0.29) is 6.04 Å². The van der Waals surface area contributed by atoms with Crippen LogP contribution in [0.2, 0.25) is 0 Å². The standard InChI is InChI=1S/C12H18N4S/c1-4-5-14-12-15-9(2)8-16(12)10(3)11-13-6-7-17-11/h6-8,10H,4-5H2,1-3H3,(H,14,15). The highest BCUT2D eigenvalue weighted by Crippen LogP contribution is 2.24. The van der Waals surface area contributed by atoms with Gasteiger partial charge in [-0.15, -0.1) is 11.3 Å². The van der Waals surface area contributed by atoms with Crippen LogP contribution in [-0.4, -0.2) is 21.1 Å². The van der Waals surface area contributed by atoms with E-state index in [2.05, 4.69) is 39.9 Å². The molecule has 4 nitrogen and oxygen atoms in total. The highest BCUT2D eigenvalue weighted by atomic mass is 32.1. The van der Waals surface area contributed by atoms with Crippen LogP contribution in [0.25, 0.3) is 0 Å². The predicted octanol–water partition coefficient (Wildman–Crippen LogP) is 3.08. The van der Waals surface area contributed by atoms with Crippen LogP contribution in [0.3, 0.4) is 0 Å². The summed E-state index contributed by atoms with van der Waals surface area (Å²) in [5.41, 5.74) is 1.03. The van der Waals surface area contributed by atoms with Gasteiger partial charge in [0, 0.05) is 24.3 Å². The van der Waals surface area contributed by atoms with Gasteiger partial charge in [-0.05, 0) is 20.3 Å². The van der Waals surface area contributed by atoms with E-state index in [0.717, 1.165) is 29.6 Å². The molecule has 2 heterocycles. The molecule has 0 fully saturated rings. The van der Waals surface area contributed by atoms with E-state index >= 15 is 0 Å². The van der Waals surface area contributed by atoms with Crippen LogP contribution in [0.4, 0.5) is 5.95 Å². The van der Waals surface area contributed by atoms with Gasteiger partial charge in [0.15, 0.2) is 0 Å². The Kier molecular flexibility index (Phi) is 3.78. The Morgan fingerprint density at radius 1 is 1.53 bits per heavy atom. The van der Waals surface area contributed by atoms with Crippen LogP contribution in [0, 0.1) is 6.92 Å². The maximum atomic E-state index is 4.51. The summed E-state index contributed by atoms with van der Waals surface area (Å²) in [7, 11) is 0. The van der Waals surface area contributed by atoms with Gasteiger partial charge in [-0.2, -0.15) is 0 Å². The van der Waals surface area contributed by atoms with Gasteiger partial charge in [0.25, 0.3) is 0 Å². The number of imidazole rings is 1. The molecular weight excluding hydrogens is 232 g/mol. The number of nitrogens with zero attached hydrogens (tertiary/aromatic N) is 3. The lowest BCUT2D eigenvalue weighted by atomic mass is 10.3. The number of rotatable bonds is 5. The highest BCUT2D eigenvalue weighted by Gasteiger charge is 2.15. The molecule has 0 aliphatic carbocycles. The topological polar surface area (TPSA) is 42.7 Å². The van der Waals surface area contributed by atoms with Crippen LogP contribution in [0.5, 0.6) is 0 Å². The molecule has 0 aliphatic rings. The van der Waals surface area contributed by atoms with Gasteiger partial charge in [-0.3, -0.25) is 0 Å². The Morgan fingerprint density at radius 2 is 2.35 bits per heavy atom. The van der Waals surface area contributed by atoms with Crippen LogP contribution < -0.4 is 5.32 Å². The summed E-state index contributed by atoms with van der Waals surface area (Å²) in [4.78, 5) is 8.87. The van der Waals surface area contributed by atoms with Gasteiger partial charge in [0.2, 0.25) is 5.95 Å². The molecular formula is C12H18N4S. The number of nitrogens with one attached hydrogen (secondary N) is 1. The number of hydrogen-bond acceptors (Lipinski definition) is 4. The molecule has 0 aromatic carbocycles. The first-order valence-corrected chi connectivity index (χ1v) is 6.79. The SMILES string of the molecule is CCCNc1nc(C)cn1C(C)c1nccs1. The fraction of sp³-hybridized carbons (Fsp3) is 0.500. The van der Waals surface area contributed by atoms with E-state index in [1.165, 1.54) is 0 Å². The molecule has 1 N–H and O–H groups in total. The number of aromatic nitrogens is 3. The van der Waals surface area contributed by atoms with E-state index < -0.39 is 0 Å². The normalized spacial score (nSPS) is 12.6. The number of anilines is 1. The van der Waals surface area contributed by atoms with E-state index in [9.17, 15) is 0 Å². The monoisotopic (exact) mass is 250 g/mol. The molecule has 1 atom stereocenters. The van der Waals surface area contributed by atoms with Crippen molar-refractivity contribution in [3.63, 3.8) is 0 Å². The Hall–Kier alpha value is -1.36. The summed E-state index contributed by atoms with van der Waals surface area (Å²) in [6.07, 6.45) is 5.01. The quantitative estimate of drug-likeness (QED) is 0.886. The smallest absolute Gasteiger partial charge is 0.203 e. The average Bonchev–Trinajstić information content (AvgIpc) is 2.94. The van der Waals surface area contributed by atoms with Gasteiger partial charge in [-0.1, -0.05) is 6.92 Å². The van der Waals surface area contributed by atoms with E-state index in [1.807, 2.05) is 18.5 Å². The second kappa shape index (κ2) is 5.31. The minimum absolute atomic E-state index is 0.232. The fourth-order valence-electron chi connectivity index (χ4n) is 1.74. The van der Waals surface area contributed by atoms with Crippen LogP contribution >= 0.6 is 11.3 Å². The molecule has 2 aromatic rings.